The van der Waals surface area contributed by atoms with Gasteiger partial charge in [-0.25, -0.2) is 9.97 Å². The minimum atomic E-state index is -0.0462. The van der Waals surface area contributed by atoms with Crippen LogP contribution in [0.2, 0.25) is 0 Å². The third-order valence-corrected chi connectivity index (χ3v) is 4.57. The Hall–Kier alpha value is -2.57. The highest BCUT2D eigenvalue weighted by Gasteiger charge is 2.24. The van der Waals surface area contributed by atoms with Gasteiger partial charge < -0.3 is 19.1 Å². The van der Waals surface area contributed by atoms with Crippen LogP contribution in [-0.4, -0.2) is 60.0 Å². The molecule has 0 saturated carbocycles. The SMILES string of the molecule is CCCN(CCC)c1cc(N2CCN(C(=O)c3ccco3)CC2)ncn1. The minimum absolute atomic E-state index is 0.0462. The first kappa shape index (κ1) is 18.2. The number of nitrogens with zero attached hydrogens (tertiary/aromatic N) is 5. The lowest BCUT2D eigenvalue weighted by molar-refractivity contribution is 0.0714. The quantitative estimate of drug-likeness (QED) is 0.759. The number of carbonyl (C=O) groups excluding carboxylic acids is 1. The van der Waals surface area contributed by atoms with Crippen LogP contribution < -0.4 is 9.80 Å². The lowest BCUT2D eigenvalue weighted by Gasteiger charge is -2.35. The van der Waals surface area contributed by atoms with E-state index in [1.807, 2.05) is 4.90 Å². The van der Waals surface area contributed by atoms with Gasteiger partial charge in [0.05, 0.1) is 6.26 Å². The highest BCUT2D eigenvalue weighted by atomic mass is 16.3. The molecule has 7 heteroatoms. The Morgan fingerprint density at radius 1 is 1.15 bits per heavy atom. The standard InChI is InChI=1S/C19H27N5O2/c1-3-7-22(8-4-2)17-14-18(21-15-20-17)23-9-11-24(12-10-23)19(25)16-6-5-13-26-16/h5-6,13-15H,3-4,7-12H2,1-2H3. The Balaban J connectivity index is 1.64. The second-order valence-electron chi connectivity index (χ2n) is 6.48. The number of rotatable bonds is 7. The van der Waals surface area contributed by atoms with Crippen LogP contribution in [0.5, 0.6) is 0 Å². The lowest BCUT2D eigenvalue weighted by atomic mass is 10.2. The van der Waals surface area contributed by atoms with Crippen molar-refractivity contribution in [3.05, 3.63) is 36.5 Å². The Kier molecular flexibility index (Phi) is 6.09. The number of furan rings is 1. The van der Waals surface area contributed by atoms with Crippen LogP contribution in [0, 0.1) is 0 Å². The third kappa shape index (κ3) is 4.15. The molecule has 26 heavy (non-hydrogen) atoms. The lowest BCUT2D eigenvalue weighted by Crippen LogP contribution is -2.49. The number of piperazine rings is 1. The van der Waals surface area contributed by atoms with Crippen LogP contribution in [0.1, 0.15) is 37.2 Å². The fourth-order valence-electron chi connectivity index (χ4n) is 3.26. The van der Waals surface area contributed by atoms with E-state index in [1.165, 1.54) is 6.26 Å². The van der Waals surface area contributed by atoms with Crippen LogP contribution in [0.3, 0.4) is 0 Å². The predicted molar refractivity (Wildman–Crippen MR) is 102 cm³/mol. The maximum atomic E-state index is 12.4. The molecule has 0 unspecified atom stereocenters. The molecule has 7 nitrogen and oxygen atoms in total. The van der Waals surface area contributed by atoms with Crippen molar-refractivity contribution >= 4 is 17.5 Å². The van der Waals surface area contributed by atoms with Crippen LogP contribution in [-0.2, 0) is 0 Å². The van der Waals surface area contributed by atoms with E-state index in [0.717, 1.165) is 50.7 Å². The molecule has 0 aromatic carbocycles. The molecule has 1 aliphatic heterocycles. The first-order chi connectivity index (χ1) is 12.7. The number of carbonyl (C=O) groups is 1. The van der Waals surface area contributed by atoms with Gasteiger partial charge in [-0.2, -0.15) is 0 Å². The van der Waals surface area contributed by atoms with Crippen molar-refractivity contribution in [1.29, 1.82) is 0 Å². The number of aromatic nitrogens is 2. The molecular weight excluding hydrogens is 330 g/mol. The van der Waals surface area contributed by atoms with Gasteiger partial charge in [0.15, 0.2) is 5.76 Å². The zero-order valence-corrected chi connectivity index (χ0v) is 15.6. The number of amides is 1. The second kappa shape index (κ2) is 8.69. The molecule has 0 radical (unpaired) electrons. The summed E-state index contributed by atoms with van der Waals surface area (Å²) >= 11 is 0. The molecule has 1 saturated heterocycles. The molecule has 0 N–H and O–H groups in total. The van der Waals surface area contributed by atoms with Gasteiger partial charge in [0, 0.05) is 45.3 Å². The van der Waals surface area contributed by atoms with Gasteiger partial charge in [0.1, 0.15) is 18.0 Å². The Morgan fingerprint density at radius 3 is 2.50 bits per heavy atom. The highest BCUT2D eigenvalue weighted by molar-refractivity contribution is 5.91. The Bertz CT molecular complexity index is 690. The fourth-order valence-corrected chi connectivity index (χ4v) is 3.26. The van der Waals surface area contributed by atoms with Crippen molar-refractivity contribution in [2.24, 2.45) is 0 Å². The maximum absolute atomic E-state index is 12.4. The molecule has 1 fully saturated rings. The topological polar surface area (TPSA) is 65.7 Å². The number of hydrogen-bond donors (Lipinski definition) is 0. The average molecular weight is 357 g/mol. The fraction of sp³-hybridized carbons (Fsp3) is 0.526. The van der Waals surface area contributed by atoms with Crippen molar-refractivity contribution in [2.45, 2.75) is 26.7 Å². The zero-order valence-electron chi connectivity index (χ0n) is 15.6. The van der Waals surface area contributed by atoms with Crippen molar-refractivity contribution < 1.29 is 9.21 Å². The normalized spacial score (nSPS) is 14.5. The molecule has 2 aromatic heterocycles. The van der Waals surface area contributed by atoms with Gasteiger partial charge in [-0.3, -0.25) is 4.79 Å². The first-order valence-corrected chi connectivity index (χ1v) is 9.37. The van der Waals surface area contributed by atoms with E-state index in [2.05, 4.69) is 39.7 Å². The van der Waals surface area contributed by atoms with E-state index in [-0.39, 0.29) is 5.91 Å². The molecule has 1 aliphatic rings. The van der Waals surface area contributed by atoms with Gasteiger partial charge in [0.2, 0.25) is 0 Å². The molecule has 0 atom stereocenters. The van der Waals surface area contributed by atoms with E-state index in [1.54, 1.807) is 18.5 Å². The van der Waals surface area contributed by atoms with Gasteiger partial charge in [-0.05, 0) is 25.0 Å². The summed E-state index contributed by atoms with van der Waals surface area (Å²) in [5, 5.41) is 0. The Morgan fingerprint density at radius 2 is 1.88 bits per heavy atom. The summed E-state index contributed by atoms with van der Waals surface area (Å²) in [6.07, 6.45) is 5.35. The monoisotopic (exact) mass is 357 g/mol. The summed E-state index contributed by atoms with van der Waals surface area (Å²) in [6.45, 7) is 9.18. The van der Waals surface area contributed by atoms with E-state index in [4.69, 9.17) is 4.42 Å². The molecule has 2 aromatic rings. The van der Waals surface area contributed by atoms with E-state index in [0.29, 0.717) is 18.8 Å². The van der Waals surface area contributed by atoms with Crippen molar-refractivity contribution in [2.75, 3.05) is 49.1 Å². The molecule has 1 amide bonds. The van der Waals surface area contributed by atoms with Crippen molar-refractivity contribution in [3.63, 3.8) is 0 Å². The summed E-state index contributed by atoms with van der Waals surface area (Å²) in [7, 11) is 0. The van der Waals surface area contributed by atoms with E-state index >= 15 is 0 Å². The van der Waals surface area contributed by atoms with Gasteiger partial charge >= 0.3 is 0 Å². The summed E-state index contributed by atoms with van der Waals surface area (Å²) in [5.41, 5.74) is 0. The van der Waals surface area contributed by atoms with Gasteiger partial charge in [0.25, 0.3) is 5.91 Å². The zero-order chi connectivity index (χ0) is 18.4. The summed E-state index contributed by atoms with van der Waals surface area (Å²) in [6, 6.07) is 5.51. The summed E-state index contributed by atoms with van der Waals surface area (Å²) in [5.74, 6) is 2.26. The van der Waals surface area contributed by atoms with E-state index < -0.39 is 0 Å². The first-order valence-electron chi connectivity index (χ1n) is 9.37. The largest absolute Gasteiger partial charge is 0.459 e. The maximum Gasteiger partial charge on any atom is 0.289 e. The number of hydrogen-bond acceptors (Lipinski definition) is 6. The molecular formula is C19H27N5O2. The predicted octanol–water partition coefficient (Wildman–Crippen LogP) is 2.66. The minimum Gasteiger partial charge on any atom is -0.459 e. The van der Waals surface area contributed by atoms with Crippen molar-refractivity contribution in [3.8, 4) is 0 Å². The second-order valence-corrected chi connectivity index (χ2v) is 6.48. The molecule has 140 valence electrons. The van der Waals surface area contributed by atoms with Crippen LogP contribution in [0.25, 0.3) is 0 Å². The third-order valence-electron chi connectivity index (χ3n) is 4.57. The smallest absolute Gasteiger partial charge is 0.289 e. The summed E-state index contributed by atoms with van der Waals surface area (Å²) < 4.78 is 5.22. The van der Waals surface area contributed by atoms with Gasteiger partial charge in [-0.1, -0.05) is 13.8 Å². The molecule has 0 bridgehead atoms. The van der Waals surface area contributed by atoms with Gasteiger partial charge in [-0.15, -0.1) is 0 Å². The van der Waals surface area contributed by atoms with Crippen LogP contribution in [0.15, 0.2) is 35.2 Å². The highest BCUT2D eigenvalue weighted by Crippen LogP contribution is 2.20. The average Bonchev–Trinajstić information content (AvgIpc) is 3.22. The number of anilines is 2. The van der Waals surface area contributed by atoms with Crippen LogP contribution >= 0.6 is 0 Å². The Labute approximate surface area is 154 Å². The van der Waals surface area contributed by atoms with Crippen molar-refractivity contribution in [1.82, 2.24) is 14.9 Å². The summed E-state index contributed by atoms with van der Waals surface area (Å²) in [4.78, 5) is 27.6. The molecule has 3 heterocycles. The molecule has 3 rings (SSSR count). The molecule has 0 spiro atoms. The molecule has 0 aliphatic carbocycles. The van der Waals surface area contributed by atoms with E-state index in [9.17, 15) is 4.79 Å². The van der Waals surface area contributed by atoms with Crippen LogP contribution in [0.4, 0.5) is 11.6 Å².